The smallest absolute Gasteiger partial charge is 0.341 e. The maximum Gasteiger partial charge on any atom is 0.341 e. The van der Waals surface area contributed by atoms with E-state index in [2.05, 4.69) is 5.32 Å². The van der Waals surface area contributed by atoms with E-state index in [4.69, 9.17) is 9.84 Å². The molecule has 0 unspecified atom stereocenters. The number of ether oxygens (including phenoxy) is 1. The van der Waals surface area contributed by atoms with E-state index in [-0.39, 0.29) is 36.3 Å². The number of benzene rings is 1. The van der Waals surface area contributed by atoms with Gasteiger partial charge in [-0.2, -0.15) is 0 Å². The van der Waals surface area contributed by atoms with Gasteiger partial charge in [0, 0.05) is 24.8 Å². The maximum absolute atomic E-state index is 12.7. The van der Waals surface area contributed by atoms with Gasteiger partial charge in [0.2, 0.25) is 0 Å². The van der Waals surface area contributed by atoms with Crippen LogP contribution < -0.4 is 5.32 Å². The molecule has 0 aliphatic carbocycles. The molecule has 0 aromatic heterocycles. The van der Waals surface area contributed by atoms with Gasteiger partial charge in [0.15, 0.2) is 15.9 Å². The van der Waals surface area contributed by atoms with Gasteiger partial charge in [-0.1, -0.05) is 12.1 Å². The van der Waals surface area contributed by atoms with Crippen molar-refractivity contribution in [2.75, 3.05) is 36.5 Å². The molecule has 1 aliphatic rings. The lowest BCUT2D eigenvalue weighted by Crippen LogP contribution is -2.46. The molecule has 1 aliphatic heterocycles. The van der Waals surface area contributed by atoms with Crippen molar-refractivity contribution in [2.24, 2.45) is 0 Å². The van der Waals surface area contributed by atoms with Gasteiger partial charge < -0.3 is 20.1 Å². The average molecular weight is 398 g/mol. The first-order valence-corrected chi connectivity index (χ1v) is 10.8. The zero-order chi connectivity index (χ0) is 20.0. The Bertz CT molecular complexity index is 780. The highest BCUT2D eigenvalue weighted by Gasteiger charge is 2.36. The molecule has 2 N–H and O–H groups in total. The zero-order valence-corrected chi connectivity index (χ0v) is 16.4. The predicted molar refractivity (Wildman–Crippen MR) is 101 cm³/mol. The van der Waals surface area contributed by atoms with Crippen LogP contribution in [-0.4, -0.2) is 73.6 Å². The zero-order valence-electron chi connectivity index (χ0n) is 15.6. The highest BCUT2D eigenvalue weighted by Crippen LogP contribution is 2.20. The van der Waals surface area contributed by atoms with E-state index in [1.807, 2.05) is 0 Å². The van der Waals surface area contributed by atoms with Crippen molar-refractivity contribution >= 4 is 27.4 Å². The lowest BCUT2D eigenvalue weighted by molar-refractivity contribution is -0.141. The lowest BCUT2D eigenvalue weighted by Gasteiger charge is -2.29. The van der Waals surface area contributed by atoms with Crippen molar-refractivity contribution in [1.82, 2.24) is 4.90 Å². The van der Waals surface area contributed by atoms with Gasteiger partial charge in [-0.05, 0) is 32.4 Å². The van der Waals surface area contributed by atoms with Gasteiger partial charge in [-0.15, -0.1) is 0 Å². The number of para-hydroxylation sites is 1. The van der Waals surface area contributed by atoms with Crippen LogP contribution in [0.3, 0.4) is 0 Å². The fourth-order valence-electron chi connectivity index (χ4n) is 3.13. The molecule has 1 aromatic carbocycles. The average Bonchev–Trinajstić information content (AvgIpc) is 3.00. The molecule has 8 nitrogen and oxygen atoms in total. The standard InChI is InChI=1S/C18H26N2O6S/c1-3-20(14-8-11-27(24,25)12-14)17(22)13(2)26-18(23)15-6-4-5-7-16(15)19-9-10-21/h4-7,13-14,19,21H,3,8-12H2,1-2H3/t13-,14+/m1/s1. The summed E-state index contributed by atoms with van der Waals surface area (Å²) < 4.78 is 28.7. The molecule has 150 valence electrons. The minimum absolute atomic E-state index is 0.0544. The monoisotopic (exact) mass is 398 g/mol. The third kappa shape index (κ3) is 5.43. The van der Waals surface area contributed by atoms with Crippen LogP contribution in [0, 0.1) is 0 Å². The molecule has 1 saturated heterocycles. The quantitative estimate of drug-likeness (QED) is 0.619. The molecule has 1 heterocycles. The minimum atomic E-state index is -3.12. The van der Waals surface area contributed by atoms with Crippen LogP contribution in [0.1, 0.15) is 30.6 Å². The van der Waals surface area contributed by atoms with Crippen LogP contribution in [0.4, 0.5) is 5.69 Å². The molecule has 1 fully saturated rings. The Morgan fingerprint density at radius 1 is 1.37 bits per heavy atom. The number of aliphatic hydroxyl groups is 1. The summed E-state index contributed by atoms with van der Waals surface area (Å²) in [6.45, 7) is 3.78. The Kier molecular flexibility index (Phi) is 7.20. The largest absolute Gasteiger partial charge is 0.449 e. The molecule has 1 aromatic rings. The first-order chi connectivity index (χ1) is 12.8. The SMILES string of the molecule is CCN(C(=O)[C@@H](C)OC(=O)c1ccccc1NCCO)[C@H]1CCS(=O)(=O)C1. The Morgan fingerprint density at radius 3 is 2.67 bits per heavy atom. The van der Waals surface area contributed by atoms with Crippen LogP contribution in [0.2, 0.25) is 0 Å². The van der Waals surface area contributed by atoms with E-state index in [0.717, 1.165) is 0 Å². The summed E-state index contributed by atoms with van der Waals surface area (Å²) in [7, 11) is -3.12. The number of likely N-dealkylation sites (N-methyl/N-ethyl adjacent to an activating group) is 1. The van der Waals surface area contributed by atoms with Crippen molar-refractivity contribution in [3.63, 3.8) is 0 Å². The third-order valence-electron chi connectivity index (χ3n) is 4.48. The predicted octanol–water partition coefficient (Wildman–Crippen LogP) is 0.672. The molecule has 0 radical (unpaired) electrons. The van der Waals surface area contributed by atoms with Crippen molar-refractivity contribution in [2.45, 2.75) is 32.4 Å². The third-order valence-corrected chi connectivity index (χ3v) is 6.23. The van der Waals surface area contributed by atoms with Crippen LogP contribution in [-0.2, 0) is 19.4 Å². The molecule has 9 heteroatoms. The summed E-state index contributed by atoms with van der Waals surface area (Å²) in [5.41, 5.74) is 0.766. The second kappa shape index (κ2) is 9.18. The van der Waals surface area contributed by atoms with Gasteiger partial charge >= 0.3 is 5.97 Å². The number of amides is 1. The van der Waals surface area contributed by atoms with E-state index in [1.165, 1.54) is 11.8 Å². The number of rotatable bonds is 8. The summed E-state index contributed by atoms with van der Waals surface area (Å²) >= 11 is 0. The second-order valence-corrected chi connectivity index (χ2v) is 8.65. The fraction of sp³-hybridized carbons (Fsp3) is 0.556. The first-order valence-electron chi connectivity index (χ1n) is 8.94. The van der Waals surface area contributed by atoms with Gasteiger partial charge in [0.25, 0.3) is 5.91 Å². The molecular formula is C18H26N2O6S. The first kappa shape index (κ1) is 21.2. The molecular weight excluding hydrogens is 372 g/mol. The van der Waals surface area contributed by atoms with E-state index in [9.17, 15) is 18.0 Å². The topological polar surface area (TPSA) is 113 Å². The van der Waals surface area contributed by atoms with Crippen molar-refractivity contribution in [1.29, 1.82) is 0 Å². The number of hydrogen-bond donors (Lipinski definition) is 2. The van der Waals surface area contributed by atoms with Gasteiger partial charge in [0.05, 0.1) is 23.7 Å². The van der Waals surface area contributed by atoms with Crippen LogP contribution in [0.15, 0.2) is 24.3 Å². The van der Waals surface area contributed by atoms with E-state index in [1.54, 1.807) is 31.2 Å². The van der Waals surface area contributed by atoms with Crippen LogP contribution in [0.25, 0.3) is 0 Å². The minimum Gasteiger partial charge on any atom is -0.449 e. The van der Waals surface area contributed by atoms with Crippen LogP contribution >= 0.6 is 0 Å². The maximum atomic E-state index is 12.7. The van der Waals surface area contributed by atoms with E-state index >= 15 is 0 Å². The fourth-order valence-corrected chi connectivity index (χ4v) is 4.86. The van der Waals surface area contributed by atoms with Crippen LogP contribution in [0.5, 0.6) is 0 Å². The number of anilines is 1. The Labute approximate surface area is 159 Å². The van der Waals surface area contributed by atoms with Gasteiger partial charge in [-0.25, -0.2) is 13.2 Å². The van der Waals surface area contributed by atoms with E-state index < -0.39 is 27.8 Å². The summed E-state index contributed by atoms with van der Waals surface area (Å²) in [6.07, 6.45) is -0.636. The lowest BCUT2D eigenvalue weighted by atomic mass is 10.1. The van der Waals surface area contributed by atoms with Gasteiger partial charge in [0.1, 0.15) is 0 Å². The molecule has 1 amide bonds. The summed E-state index contributed by atoms with van der Waals surface area (Å²) in [5.74, 6) is -1.05. The summed E-state index contributed by atoms with van der Waals surface area (Å²) in [4.78, 5) is 26.7. The Morgan fingerprint density at radius 2 is 2.07 bits per heavy atom. The molecule has 2 atom stereocenters. The van der Waals surface area contributed by atoms with Crippen molar-refractivity contribution in [3.05, 3.63) is 29.8 Å². The molecule has 0 bridgehead atoms. The normalized spacial score (nSPS) is 19.3. The Balaban J connectivity index is 2.06. The highest BCUT2D eigenvalue weighted by atomic mass is 32.2. The second-order valence-electron chi connectivity index (χ2n) is 6.42. The van der Waals surface area contributed by atoms with Crippen molar-refractivity contribution < 1.29 is 27.9 Å². The number of carbonyl (C=O) groups is 2. The molecule has 0 spiro atoms. The molecule has 27 heavy (non-hydrogen) atoms. The summed E-state index contributed by atoms with van der Waals surface area (Å²) in [5, 5.41) is 11.9. The Hall–Kier alpha value is -2.13. The molecule has 0 saturated carbocycles. The van der Waals surface area contributed by atoms with Gasteiger partial charge in [-0.3, -0.25) is 4.79 Å². The number of aliphatic hydroxyl groups excluding tert-OH is 1. The van der Waals surface area contributed by atoms with E-state index in [0.29, 0.717) is 18.7 Å². The number of hydrogen-bond acceptors (Lipinski definition) is 7. The number of esters is 1. The number of carbonyl (C=O) groups excluding carboxylic acids is 2. The van der Waals surface area contributed by atoms with Crippen molar-refractivity contribution in [3.8, 4) is 0 Å². The molecule has 2 rings (SSSR count). The highest BCUT2D eigenvalue weighted by molar-refractivity contribution is 7.91. The number of sulfone groups is 1. The summed E-state index contributed by atoms with van der Waals surface area (Å²) in [6, 6.07) is 6.28. The number of nitrogens with zero attached hydrogens (tertiary/aromatic N) is 1. The number of nitrogens with one attached hydrogen (secondary N) is 1.